The van der Waals surface area contributed by atoms with Crippen LogP contribution in [-0.4, -0.2) is 32.7 Å². The lowest BCUT2D eigenvalue weighted by Crippen LogP contribution is -2.25. The Morgan fingerprint density at radius 2 is 1.89 bits per heavy atom. The van der Waals surface area contributed by atoms with Crippen molar-refractivity contribution in [3.63, 3.8) is 0 Å². The predicted octanol–water partition coefficient (Wildman–Crippen LogP) is 1.98. The average molecular weight is 257 g/mol. The van der Waals surface area contributed by atoms with Crippen LogP contribution in [0.3, 0.4) is 0 Å². The van der Waals surface area contributed by atoms with Crippen LogP contribution in [0.25, 0.3) is 5.78 Å². The molecule has 0 amide bonds. The summed E-state index contributed by atoms with van der Waals surface area (Å²) in [6.07, 6.45) is 5.80. The van der Waals surface area contributed by atoms with Gasteiger partial charge in [0.1, 0.15) is 12.1 Å². The molecule has 2 unspecified atom stereocenters. The second-order valence-electron chi connectivity index (χ2n) is 5.97. The average Bonchev–Trinajstić information content (AvgIpc) is 3.04. The summed E-state index contributed by atoms with van der Waals surface area (Å²) >= 11 is 0. The van der Waals surface area contributed by atoms with Gasteiger partial charge in [-0.3, -0.25) is 0 Å². The minimum Gasteiger partial charge on any atom is -0.356 e. The molecule has 0 bridgehead atoms. The highest BCUT2D eigenvalue weighted by Crippen LogP contribution is 2.40. The van der Waals surface area contributed by atoms with Crippen molar-refractivity contribution in [3.05, 3.63) is 17.6 Å². The predicted molar refractivity (Wildman–Crippen MR) is 73.3 cm³/mol. The maximum atomic E-state index is 4.50. The van der Waals surface area contributed by atoms with Crippen LogP contribution in [0.1, 0.15) is 30.5 Å². The zero-order valence-electron chi connectivity index (χ0n) is 11.5. The molecule has 19 heavy (non-hydrogen) atoms. The van der Waals surface area contributed by atoms with Crippen molar-refractivity contribution in [2.75, 3.05) is 18.0 Å². The molecule has 4 rings (SSSR count). The molecule has 5 heteroatoms. The zero-order valence-corrected chi connectivity index (χ0v) is 11.5. The summed E-state index contributed by atoms with van der Waals surface area (Å²) < 4.78 is 1.91. The lowest BCUT2D eigenvalue weighted by atomic mass is 10.0. The molecule has 1 aliphatic heterocycles. The molecule has 0 N–H and O–H groups in total. The number of hydrogen-bond acceptors (Lipinski definition) is 4. The number of hydrogen-bond donors (Lipinski definition) is 0. The van der Waals surface area contributed by atoms with Crippen LogP contribution < -0.4 is 4.90 Å². The van der Waals surface area contributed by atoms with Gasteiger partial charge in [-0.25, -0.2) is 4.98 Å². The van der Waals surface area contributed by atoms with Crippen molar-refractivity contribution in [1.29, 1.82) is 0 Å². The van der Waals surface area contributed by atoms with Gasteiger partial charge in [0.05, 0.1) is 0 Å². The van der Waals surface area contributed by atoms with E-state index in [1.54, 1.807) is 6.33 Å². The van der Waals surface area contributed by atoms with Gasteiger partial charge < -0.3 is 4.90 Å². The van der Waals surface area contributed by atoms with Gasteiger partial charge in [-0.2, -0.15) is 14.6 Å². The van der Waals surface area contributed by atoms with Crippen LogP contribution in [0.2, 0.25) is 0 Å². The summed E-state index contributed by atoms with van der Waals surface area (Å²) in [6.45, 7) is 6.55. The van der Waals surface area contributed by atoms with Gasteiger partial charge in [0, 0.05) is 24.3 Å². The summed E-state index contributed by atoms with van der Waals surface area (Å²) in [7, 11) is 0. The van der Waals surface area contributed by atoms with Gasteiger partial charge in [0.25, 0.3) is 5.78 Å². The summed E-state index contributed by atoms with van der Waals surface area (Å²) in [4.78, 5) is 11.2. The molecule has 2 aromatic heterocycles. The van der Waals surface area contributed by atoms with E-state index in [0.717, 1.165) is 23.3 Å². The maximum absolute atomic E-state index is 4.50. The second-order valence-corrected chi connectivity index (χ2v) is 5.97. The summed E-state index contributed by atoms with van der Waals surface area (Å²) in [6, 6.07) is 0. The number of aromatic nitrogens is 4. The monoisotopic (exact) mass is 257 g/mol. The van der Waals surface area contributed by atoms with Gasteiger partial charge in [0.15, 0.2) is 0 Å². The van der Waals surface area contributed by atoms with Crippen LogP contribution in [0.15, 0.2) is 6.33 Å². The molecule has 0 radical (unpaired) electrons. The van der Waals surface area contributed by atoms with E-state index in [0.29, 0.717) is 0 Å². The lowest BCUT2D eigenvalue weighted by molar-refractivity contribution is 0.494. The molecule has 2 aromatic rings. The molecule has 3 heterocycles. The van der Waals surface area contributed by atoms with Crippen molar-refractivity contribution >= 4 is 11.6 Å². The van der Waals surface area contributed by atoms with E-state index in [-0.39, 0.29) is 0 Å². The quantitative estimate of drug-likeness (QED) is 0.783. The molecular weight excluding hydrogens is 238 g/mol. The molecule has 1 aliphatic carbocycles. The smallest absolute Gasteiger partial charge is 0.254 e. The van der Waals surface area contributed by atoms with Crippen LogP contribution in [0.4, 0.5) is 5.82 Å². The van der Waals surface area contributed by atoms with Gasteiger partial charge in [-0.1, -0.05) is 6.42 Å². The van der Waals surface area contributed by atoms with Gasteiger partial charge >= 0.3 is 0 Å². The van der Waals surface area contributed by atoms with Crippen molar-refractivity contribution in [2.24, 2.45) is 11.8 Å². The van der Waals surface area contributed by atoms with Crippen LogP contribution in [-0.2, 0) is 0 Å². The lowest BCUT2D eigenvalue weighted by Gasteiger charge is -2.22. The van der Waals surface area contributed by atoms with Gasteiger partial charge in [-0.05, 0) is 38.5 Å². The number of anilines is 1. The van der Waals surface area contributed by atoms with Crippen molar-refractivity contribution in [1.82, 2.24) is 19.6 Å². The van der Waals surface area contributed by atoms with E-state index in [2.05, 4.69) is 33.8 Å². The molecule has 0 aromatic carbocycles. The van der Waals surface area contributed by atoms with E-state index in [1.165, 1.54) is 43.7 Å². The number of rotatable bonds is 1. The molecule has 100 valence electrons. The third kappa shape index (κ3) is 1.57. The van der Waals surface area contributed by atoms with Crippen LogP contribution in [0.5, 0.6) is 0 Å². The van der Waals surface area contributed by atoms with E-state index in [9.17, 15) is 0 Å². The normalized spacial score (nSPS) is 26.3. The first kappa shape index (κ1) is 11.2. The number of nitrogens with zero attached hydrogens (tertiary/aromatic N) is 5. The van der Waals surface area contributed by atoms with E-state index >= 15 is 0 Å². The van der Waals surface area contributed by atoms with E-state index in [4.69, 9.17) is 0 Å². The Kier molecular flexibility index (Phi) is 2.31. The Morgan fingerprint density at radius 1 is 1.16 bits per heavy atom. The van der Waals surface area contributed by atoms with Crippen LogP contribution >= 0.6 is 0 Å². The molecule has 2 aliphatic rings. The first-order valence-electron chi connectivity index (χ1n) is 7.16. The number of aryl methyl sites for hydroxylation is 1. The van der Waals surface area contributed by atoms with Gasteiger partial charge in [0.2, 0.25) is 0 Å². The molecule has 2 fully saturated rings. The summed E-state index contributed by atoms with van der Waals surface area (Å²) in [5.41, 5.74) is 2.30. The van der Waals surface area contributed by atoms with E-state index < -0.39 is 0 Å². The fourth-order valence-corrected chi connectivity index (χ4v) is 3.79. The molecular formula is C14H19N5. The third-order valence-corrected chi connectivity index (χ3v) is 4.90. The summed E-state index contributed by atoms with van der Waals surface area (Å²) in [5, 5.41) is 4.36. The topological polar surface area (TPSA) is 46.3 Å². The fourth-order valence-electron chi connectivity index (χ4n) is 3.79. The zero-order chi connectivity index (χ0) is 13.0. The Balaban J connectivity index is 1.82. The molecule has 2 atom stereocenters. The Morgan fingerprint density at radius 3 is 2.63 bits per heavy atom. The largest absolute Gasteiger partial charge is 0.356 e. The first-order valence-corrected chi connectivity index (χ1v) is 7.16. The minimum atomic E-state index is 0.718. The first-order chi connectivity index (χ1) is 9.24. The Bertz CT molecular complexity index is 620. The van der Waals surface area contributed by atoms with Crippen molar-refractivity contribution < 1.29 is 0 Å². The highest BCUT2D eigenvalue weighted by atomic mass is 15.4. The molecule has 0 spiro atoms. The number of fused-ring (bicyclic) bond motifs is 2. The SMILES string of the molecule is Cc1nc2ncnn2c(N2CC3CCCC3C2)c1C. The van der Waals surface area contributed by atoms with Crippen molar-refractivity contribution in [3.8, 4) is 0 Å². The molecule has 5 nitrogen and oxygen atoms in total. The van der Waals surface area contributed by atoms with Crippen molar-refractivity contribution in [2.45, 2.75) is 33.1 Å². The Labute approximate surface area is 112 Å². The van der Waals surface area contributed by atoms with Gasteiger partial charge in [-0.15, -0.1) is 0 Å². The minimum absolute atomic E-state index is 0.718. The fraction of sp³-hybridized carbons (Fsp3) is 0.643. The maximum Gasteiger partial charge on any atom is 0.254 e. The molecule has 1 saturated carbocycles. The standard InChI is InChI=1S/C14H19N5/c1-9-10(2)17-14-15-8-16-19(14)13(9)18-6-11-4-3-5-12(11)7-18/h8,11-12H,3-7H2,1-2H3. The third-order valence-electron chi connectivity index (χ3n) is 4.90. The van der Waals surface area contributed by atoms with E-state index in [1.807, 2.05) is 4.52 Å². The molecule has 1 saturated heterocycles. The Hall–Kier alpha value is -1.65. The highest BCUT2D eigenvalue weighted by molar-refractivity contribution is 5.54. The summed E-state index contributed by atoms with van der Waals surface area (Å²) in [5.74, 6) is 3.68. The second kappa shape index (κ2) is 3.92. The van der Waals surface area contributed by atoms with Crippen LogP contribution in [0, 0.1) is 25.7 Å². The highest BCUT2D eigenvalue weighted by Gasteiger charge is 2.37.